The lowest BCUT2D eigenvalue weighted by Gasteiger charge is -2.11. The van der Waals surface area contributed by atoms with E-state index in [9.17, 15) is 4.79 Å². The lowest BCUT2D eigenvalue weighted by molar-refractivity contribution is -0.119. The Kier molecular flexibility index (Phi) is 4.17. The van der Waals surface area contributed by atoms with E-state index >= 15 is 0 Å². The molecule has 5 heteroatoms. The van der Waals surface area contributed by atoms with Gasteiger partial charge in [0, 0.05) is 6.20 Å². The van der Waals surface area contributed by atoms with Crippen LogP contribution in [0, 0.1) is 0 Å². The van der Waals surface area contributed by atoms with Crippen LogP contribution in [0.4, 0.5) is 0 Å². The lowest BCUT2D eigenvalue weighted by Crippen LogP contribution is -2.27. The molecule has 76 valence electrons. The summed E-state index contributed by atoms with van der Waals surface area (Å²) in [5.41, 5.74) is 0.757. The molecule has 0 aliphatic heterocycles. The summed E-state index contributed by atoms with van der Waals surface area (Å²) < 4.78 is 0. The number of pyridine rings is 1. The molecule has 1 atom stereocenters. The summed E-state index contributed by atoms with van der Waals surface area (Å²) in [5.74, 6) is -0.256. The molecule has 1 amide bonds. The molecule has 0 spiro atoms. The molecule has 14 heavy (non-hydrogen) atoms. The topological polar surface area (TPSA) is 42.0 Å². The zero-order valence-corrected chi connectivity index (χ0v) is 9.14. The predicted molar refractivity (Wildman–Crippen MR) is 56.5 cm³/mol. The van der Waals surface area contributed by atoms with Gasteiger partial charge in [0.05, 0.1) is 16.8 Å². The number of amides is 1. The summed E-state index contributed by atoms with van der Waals surface area (Å²) in [6, 6.07) is 3.34. The SMILES string of the molecule is C[C@H](NC(=O)CCl)c1ccc(Cl)cn1. The number of halogens is 2. The van der Waals surface area contributed by atoms with E-state index in [-0.39, 0.29) is 17.8 Å². The van der Waals surface area contributed by atoms with Gasteiger partial charge in [0.15, 0.2) is 0 Å². The van der Waals surface area contributed by atoms with Crippen molar-refractivity contribution >= 4 is 29.1 Å². The van der Waals surface area contributed by atoms with E-state index in [1.165, 1.54) is 0 Å². The largest absolute Gasteiger partial charge is 0.347 e. The molecule has 3 nitrogen and oxygen atoms in total. The fraction of sp³-hybridized carbons (Fsp3) is 0.333. The standard InChI is InChI=1S/C9H10Cl2N2O/c1-6(13-9(14)4-10)8-3-2-7(11)5-12-8/h2-3,5-6H,4H2,1H3,(H,13,14)/t6-/m0/s1. The second-order valence-corrected chi connectivity index (χ2v) is 3.53. The number of carbonyl (C=O) groups is 1. The summed E-state index contributed by atoms with van der Waals surface area (Å²) in [6.45, 7) is 1.83. The molecular weight excluding hydrogens is 223 g/mol. The van der Waals surface area contributed by atoms with Crippen LogP contribution in [0.3, 0.4) is 0 Å². The molecule has 1 aromatic heterocycles. The third-order valence-electron chi connectivity index (χ3n) is 1.69. The Labute approximate surface area is 92.4 Å². The van der Waals surface area contributed by atoms with Crippen molar-refractivity contribution < 1.29 is 4.79 Å². The summed E-state index contributed by atoms with van der Waals surface area (Å²) in [4.78, 5) is 15.0. The van der Waals surface area contributed by atoms with Gasteiger partial charge in [-0.3, -0.25) is 9.78 Å². The monoisotopic (exact) mass is 232 g/mol. The van der Waals surface area contributed by atoms with Gasteiger partial charge in [-0.1, -0.05) is 11.6 Å². The van der Waals surface area contributed by atoms with Crippen LogP contribution in [-0.2, 0) is 4.79 Å². The smallest absolute Gasteiger partial charge is 0.235 e. The van der Waals surface area contributed by atoms with Gasteiger partial charge in [-0.25, -0.2) is 0 Å². The average molecular weight is 233 g/mol. The Morgan fingerprint density at radius 1 is 1.64 bits per heavy atom. The van der Waals surface area contributed by atoms with E-state index in [0.717, 1.165) is 5.69 Å². The molecule has 0 fully saturated rings. The van der Waals surface area contributed by atoms with E-state index in [2.05, 4.69) is 10.3 Å². The maximum atomic E-state index is 11.0. The molecule has 0 unspecified atom stereocenters. The van der Waals surface area contributed by atoms with E-state index < -0.39 is 0 Å². The number of rotatable bonds is 3. The molecule has 0 saturated heterocycles. The summed E-state index contributed by atoms with van der Waals surface area (Å²) in [5, 5.41) is 3.26. The van der Waals surface area contributed by atoms with Crippen LogP contribution in [0.1, 0.15) is 18.7 Å². The number of nitrogens with zero attached hydrogens (tertiary/aromatic N) is 1. The maximum absolute atomic E-state index is 11.0. The van der Waals surface area contributed by atoms with E-state index in [0.29, 0.717) is 5.02 Å². The predicted octanol–water partition coefficient (Wildman–Crippen LogP) is 2.15. The maximum Gasteiger partial charge on any atom is 0.235 e. The third kappa shape index (κ3) is 3.16. The lowest BCUT2D eigenvalue weighted by atomic mass is 10.2. The average Bonchev–Trinajstić information content (AvgIpc) is 2.18. The molecule has 1 rings (SSSR count). The van der Waals surface area contributed by atoms with Crippen molar-refractivity contribution in [2.75, 3.05) is 5.88 Å². The van der Waals surface area contributed by atoms with Crippen molar-refractivity contribution in [1.82, 2.24) is 10.3 Å². The first kappa shape index (κ1) is 11.3. The van der Waals surface area contributed by atoms with Crippen molar-refractivity contribution in [3.63, 3.8) is 0 Å². The Morgan fingerprint density at radius 2 is 2.36 bits per heavy atom. The van der Waals surface area contributed by atoms with Crippen LogP contribution in [0.5, 0.6) is 0 Å². The second kappa shape index (κ2) is 5.17. The van der Waals surface area contributed by atoms with Crippen molar-refractivity contribution in [3.05, 3.63) is 29.0 Å². The van der Waals surface area contributed by atoms with Crippen LogP contribution in [-0.4, -0.2) is 16.8 Å². The number of hydrogen-bond acceptors (Lipinski definition) is 2. The van der Waals surface area contributed by atoms with Gasteiger partial charge in [-0.15, -0.1) is 11.6 Å². The number of alkyl halides is 1. The minimum Gasteiger partial charge on any atom is -0.347 e. The first-order chi connectivity index (χ1) is 6.63. The normalized spacial score (nSPS) is 12.2. The van der Waals surface area contributed by atoms with Gasteiger partial charge >= 0.3 is 0 Å². The van der Waals surface area contributed by atoms with Gasteiger partial charge < -0.3 is 5.32 Å². The Bertz CT molecular complexity index is 313. The second-order valence-electron chi connectivity index (χ2n) is 2.82. The van der Waals surface area contributed by atoms with E-state index in [4.69, 9.17) is 23.2 Å². The minimum absolute atomic E-state index is 0.0437. The molecule has 0 aliphatic carbocycles. The molecule has 0 radical (unpaired) electrons. The van der Waals surface area contributed by atoms with Gasteiger partial charge in [0.2, 0.25) is 5.91 Å². The minimum atomic E-state index is -0.212. The van der Waals surface area contributed by atoms with Gasteiger partial charge in [0.25, 0.3) is 0 Å². The number of nitrogens with one attached hydrogen (secondary N) is 1. The van der Waals surface area contributed by atoms with Gasteiger partial charge in [-0.05, 0) is 19.1 Å². The number of carbonyl (C=O) groups excluding carboxylic acids is 1. The molecule has 1 N–H and O–H groups in total. The molecule has 0 aliphatic rings. The van der Waals surface area contributed by atoms with E-state index in [1.807, 2.05) is 6.92 Å². The Balaban J connectivity index is 2.65. The molecule has 0 aromatic carbocycles. The number of hydrogen-bond donors (Lipinski definition) is 1. The molecule has 0 saturated carbocycles. The van der Waals surface area contributed by atoms with E-state index in [1.54, 1.807) is 18.3 Å². The molecule has 0 bridgehead atoms. The highest BCUT2D eigenvalue weighted by molar-refractivity contribution is 6.30. The van der Waals surface area contributed by atoms with Gasteiger partial charge in [0.1, 0.15) is 5.88 Å². The Hall–Kier alpha value is -0.800. The van der Waals surface area contributed by atoms with Crippen molar-refractivity contribution in [3.8, 4) is 0 Å². The van der Waals surface area contributed by atoms with Crippen molar-refractivity contribution in [2.24, 2.45) is 0 Å². The summed E-state index contributed by atoms with van der Waals surface area (Å²) in [7, 11) is 0. The first-order valence-corrected chi connectivity index (χ1v) is 5.01. The van der Waals surface area contributed by atoms with Gasteiger partial charge in [-0.2, -0.15) is 0 Å². The van der Waals surface area contributed by atoms with Crippen molar-refractivity contribution in [1.29, 1.82) is 0 Å². The van der Waals surface area contributed by atoms with Crippen LogP contribution < -0.4 is 5.32 Å². The fourth-order valence-electron chi connectivity index (χ4n) is 0.997. The fourth-order valence-corrected chi connectivity index (χ4v) is 1.19. The Morgan fingerprint density at radius 3 is 2.86 bits per heavy atom. The quantitative estimate of drug-likeness (QED) is 0.812. The molecule has 1 heterocycles. The van der Waals surface area contributed by atoms with Crippen LogP contribution >= 0.6 is 23.2 Å². The summed E-state index contributed by atoms with van der Waals surface area (Å²) >= 11 is 11.0. The third-order valence-corrected chi connectivity index (χ3v) is 2.16. The highest BCUT2D eigenvalue weighted by atomic mass is 35.5. The van der Waals surface area contributed by atoms with Crippen LogP contribution in [0.2, 0.25) is 5.02 Å². The zero-order valence-electron chi connectivity index (χ0n) is 7.63. The number of aromatic nitrogens is 1. The molecule has 1 aromatic rings. The van der Waals surface area contributed by atoms with Crippen LogP contribution in [0.25, 0.3) is 0 Å². The highest BCUT2D eigenvalue weighted by Gasteiger charge is 2.09. The zero-order chi connectivity index (χ0) is 10.6. The summed E-state index contributed by atoms with van der Waals surface area (Å²) in [6.07, 6.45) is 1.54. The van der Waals surface area contributed by atoms with Crippen molar-refractivity contribution in [2.45, 2.75) is 13.0 Å². The highest BCUT2D eigenvalue weighted by Crippen LogP contribution is 2.12. The first-order valence-electron chi connectivity index (χ1n) is 4.10. The molecular formula is C9H10Cl2N2O. The van der Waals surface area contributed by atoms with Crippen LogP contribution in [0.15, 0.2) is 18.3 Å².